The van der Waals surface area contributed by atoms with Crippen LogP contribution in [0.3, 0.4) is 0 Å². The second-order valence-electron chi connectivity index (χ2n) is 6.20. The van der Waals surface area contributed by atoms with Crippen molar-refractivity contribution in [2.75, 3.05) is 0 Å². The highest BCUT2D eigenvalue weighted by atomic mass is 16.5. The lowest BCUT2D eigenvalue weighted by Crippen LogP contribution is -2.26. The van der Waals surface area contributed by atoms with E-state index in [4.69, 9.17) is 4.74 Å². The quantitative estimate of drug-likeness (QED) is 0.624. The number of carboxylic acid groups (broad SMARTS) is 1. The Hall–Kier alpha value is -2.29. The molecule has 0 saturated carbocycles. The van der Waals surface area contributed by atoms with Gasteiger partial charge in [0.2, 0.25) is 0 Å². The molecule has 0 aromatic heterocycles. The summed E-state index contributed by atoms with van der Waals surface area (Å²) < 4.78 is 5.61. The molecule has 1 unspecified atom stereocenters. The fraction of sp³-hybridized carbons (Fsp3) is 0.381. The monoisotopic (exact) mass is 326 g/mol. The van der Waals surface area contributed by atoms with E-state index in [-0.39, 0.29) is 0 Å². The van der Waals surface area contributed by atoms with Gasteiger partial charge in [0.15, 0.2) is 6.10 Å². The molecule has 0 saturated heterocycles. The third-order valence-electron chi connectivity index (χ3n) is 4.10. The maximum Gasteiger partial charge on any atom is 0.344 e. The van der Waals surface area contributed by atoms with Gasteiger partial charge in [0, 0.05) is 0 Å². The summed E-state index contributed by atoms with van der Waals surface area (Å²) >= 11 is 0. The summed E-state index contributed by atoms with van der Waals surface area (Å²) in [5.41, 5.74) is 2.50. The number of hydrogen-bond acceptors (Lipinski definition) is 2. The van der Waals surface area contributed by atoms with Crippen LogP contribution in [-0.2, 0) is 11.2 Å². The molecule has 0 fully saturated rings. The number of hydrogen-bond donors (Lipinski definition) is 1. The minimum atomic E-state index is -0.889. The Morgan fingerprint density at radius 1 is 0.958 bits per heavy atom. The zero-order valence-corrected chi connectivity index (χ0v) is 14.3. The molecule has 3 nitrogen and oxygen atoms in total. The van der Waals surface area contributed by atoms with E-state index in [1.807, 2.05) is 37.3 Å². The minimum Gasteiger partial charge on any atom is -0.479 e. The van der Waals surface area contributed by atoms with Crippen molar-refractivity contribution in [3.63, 3.8) is 0 Å². The van der Waals surface area contributed by atoms with Crippen molar-refractivity contribution in [2.45, 2.75) is 51.6 Å². The van der Waals surface area contributed by atoms with Crippen LogP contribution in [0.1, 0.15) is 43.2 Å². The minimum absolute atomic E-state index is 0.550. The normalized spacial score (nSPS) is 11.9. The van der Waals surface area contributed by atoms with Gasteiger partial charge in [-0.1, -0.05) is 60.9 Å². The Morgan fingerprint density at radius 2 is 1.62 bits per heavy atom. The Bertz CT molecular complexity index is 605. The topological polar surface area (TPSA) is 46.5 Å². The van der Waals surface area contributed by atoms with Crippen LogP contribution in [0.2, 0.25) is 0 Å². The first-order valence-electron chi connectivity index (χ1n) is 8.65. The lowest BCUT2D eigenvalue weighted by atomic mass is 10.0. The molecule has 0 bridgehead atoms. The van der Waals surface area contributed by atoms with E-state index in [0.717, 1.165) is 37.7 Å². The summed E-state index contributed by atoms with van der Waals surface area (Å²) in [5, 5.41) is 9.32. The molecule has 0 spiro atoms. The average Bonchev–Trinajstić information content (AvgIpc) is 2.59. The number of carboxylic acids is 1. The molecule has 0 aliphatic rings. The highest BCUT2D eigenvalue weighted by molar-refractivity contribution is 5.72. The predicted molar refractivity (Wildman–Crippen MR) is 96.5 cm³/mol. The zero-order chi connectivity index (χ0) is 17.2. The summed E-state index contributed by atoms with van der Waals surface area (Å²) in [5.74, 6) is -0.267. The van der Waals surface area contributed by atoms with Crippen molar-refractivity contribution >= 4 is 5.97 Å². The number of benzene rings is 2. The smallest absolute Gasteiger partial charge is 0.344 e. The van der Waals surface area contributed by atoms with E-state index in [0.29, 0.717) is 12.2 Å². The van der Waals surface area contributed by atoms with Crippen molar-refractivity contribution < 1.29 is 14.6 Å². The fourth-order valence-corrected chi connectivity index (χ4v) is 2.67. The highest BCUT2D eigenvalue weighted by Gasteiger charge is 2.18. The summed E-state index contributed by atoms with van der Waals surface area (Å²) in [4.78, 5) is 11.4. The van der Waals surface area contributed by atoms with Crippen molar-refractivity contribution in [1.29, 1.82) is 0 Å². The lowest BCUT2D eigenvalue weighted by molar-refractivity contribution is -0.145. The van der Waals surface area contributed by atoms with E-state index in [2.05, 4.69) is 24.3 Å². The second-order valence-corrected chi connectivity index (χ2v) is 6.20. The Labute approximate surface area is 144 Å². The molecule has 2 aromatic rings. The lowest BCUT2D eigenvalue weighted by Gasteiger charge is -2.15. The van der Waals surface area contributed by atoms with Crippen LogP contribution in [0.5, 0.6) is 5.75 Å². The maximum atomic E-state index is 11.4. The van der Waals surface area contributed by atoms with Gasteiger partial charge in [0.1, 0.15) is 5.75 Å². The molecule has 24 heavy (non-hydrogen) atoms. The van der Waals surface area contributed by atoms with Gasteiger partial charge in [-0.15, -0.1) is 0 Å². The average molecular weight is 326 g/mol. The van der Waals surface area contributed by atoms with Gasteiger partial charge in [-0.2, -0.15) is 0 Å². The number of carbonyl (C=O) groups is 1. The van der Waals surface area contributed by atoms with Crippen LogP contribution in [0.15, 0.2) is 54.6 Å². The first-order chi connectivity index (χ1) is 11.6. The summed E-state index contributed by atoms with van der Waals surface area (Å²) in [6.07, 6.45) is 5.04. The van der Waals surface area contributed by atoms with E-state index in [9.17, 15) is 9.90 Å². The second kappa shape index (κ2) is 9.76. The molecule has 1 N–H and O–H groups in total. The molecular weight excluding hydrogens is 300 g/mol. The Balaban J connectivity index is 1.66. The number of aryl methyl sites for hydroxylation is 2. The van der Waals surface area contributed by atoms with E-state index in [1.165, 1.54) is 5.56 Å². The number of ether oxygens (including phenoxy) is 1. The largest absolute Gasteiger partial charge is 0.479 e. The Kier molecular flexibility index (Phi) is 7.34. The van der Waals surface area contributed by atoms with E-state index in [1.54, 1.807) is 0 Å². The van der Waals surface area contributed by atoms with Gasteiger partial charge in [0.05, 0.1) is 0 Å². The third kappa shape index (κ3) is 6.45. The SMILES string of the molecule is Cc1ccc(OC(CCCCCCc2ccccc2)C(=O)O)cc1. The molecule has 0 heterocycles. The Morgan fingerprint density at radius 3 is 2.29 bits per heavy atom. The van der Waals surface area contributed by atoms with Gasteiger partial charge in [-0.05, 0) is 50.3 Å². The molecule has 2 rings (SSSR count). The van der Waals surface area contributed by atoms with Crippen molar-refractivity contribution in [3.05, 3.63) is 65.7 Å². The summed E-state index contributed by atoms with van der Waals surface area (Å²) in [7, 11) is 0. The van der Waals surface area contributed by atoms with Gasteiger partial charge in [-0.25, -0.2) is 4.79 Å². The fourth-order valence-electron chi connectivity index (χ4n) is 2.67. The van der Waals surface area contributed by atoms with Crippen molar-refractivity contribution in [1.82, 2.24) is 0 Å². The first kappa shape index (κ1) is 18.1. The molecular formula is C21H26O3. The molecule has 0 aliphatic heterocycles. The van der Waals surface area contributed by atoms with E-state index < -0.39 is 12.1 Å². The van der Waals surface area contributed by atoms with Crippen LogP contribution >= 0.6 is 0 Å². The summed E-state index contributed by atoms with van der Waals surface area (Å²) in [6, 6.07) is 18.0. The van der Waals surface area contributed by atoms with Crippen LogP contribution in [0, 0.1) is 6.92 Å². The van der Waals surface area contributed by atoms with E-state index >= 15 is 0 Å². The van der Waals surface area contributed by atoms with Crippen LogP contribution in [-0.4, -0.2) is 17.2 Å². The predicted octanol–water partition coefficient (Wildman–Crippen LogP) is 5.02. The summed E-state index contributed by atoms with van der Waals surface area (Å²) in [6.45, 7) is 1.99. The molecule has 3 heteroatoms. The van der Waals surface area contributed by atoms with Crippen molar-refractivity contribution in [2.24, 2.45) is 0 Å². The molecule has 2 aromatic carbocycles. The number of rotatable bonds is 10. The molecule has 128 valence electrons. The van der Waals surface area contributed by atoms with Crippen LogP contribution in [0.4, 0.5) is 0 Å². The standard InChI is InChI=1S/C21H26O3/c1-17-13-15-19(16-14-17)24-20(21(22)23)12-8-3-2-5-9-18-10-6-4-7-11-18/h4,6-7,10-11,13-16,20H,2-3,5,8-9,12H2,1H3,(H,22,23). The highest BCUT2D eigenvalue weighted by Crippen LogP contribution is 2.17. The van der Waals surface area contributed by atoms with Gasteiger partial charge in [0.25, 0.3) is 0 Å². The molecule has 0 amide bonds. The molecule has 0 radical (unpaired) electrons. The third-order valence-corrected chi connectivity index (χ3v) is 4.10. The number of unbranched alkanes of at least 4 members (excludes halogenated alkanes) is 3. The molecule has 0 aliphatic carbocycles. The first-order valence-corrected chi connectivity index (χ1v) is 8.65. The van der Waals surface area contributed by atoms with Crippen LogP contribution in [0.25, 0.3) is 0 Å². The van der Waals surface area contributed by atoms with Crippen molar-refractivity contribution in [3.8, 4) is 5.75 Å². The maximum absolute atomic E-state index is 11.4. The van der Waals surface area contributed by atoms with Gasteiger partial charge >= 0.3 is 5.97 Å². The van der Waals surface area contributed by atoms with Crippen LogP contribution < -0.4 is 4.74 Å². The molecule has 1 atom stereocenters. The van der Waals surface area contributed by atoms with Gasteiger partial charge < -0.3 is 9.84 Å². The van der Waals surface area contributed by atoms with Gasteiger partial charge in [-0.3, -0.25) is 0 Å². The zero-order valence-electron chi connectivity index (χ0n) is 14.3. The number of aliphatic carboxylic acids is 1.